The van der Waals surface area contributed by atoms with E-state index in [2.05, 4.69) is 9.47 Å². The van der Waals surface area contributed by atoms with Gasteiger partial charge in [-0.05, 0) is 31.2 Å². The Balaban J connectivity index is 2.63. The third kappa shape index (κ3) is 4.52. The van der Waals surface area contributed by atoms with Crippen LogP contribution < -0.4 is 9.47 Å². The molecule has 0 aromatic heterocycles. The van der Waals surface area contributed by atoms with Gasteiger partial charge in [-0.2, -0.15) is 0 Å². The number of carbonyl (C=O) groups is 1. The van der Waals surface area contributed by atoms with Crippen LogP contribution in [-0.2, 0) is 9.53 Å². The molecule has 0 spiro atoms. The maximum Gasteiger partial charge on any atom is 0.573 e. The van der Waals surface area contributed by atoms with Gasteiger partial charge in [0.05, 0.1) is 7.11 Å². The molecule has 100 valence electrons. The Morgan fingerprint density at radius 3 is 2.11 bits per heavy atom. The second-order valence-electron chi connectivity index (χ2n) is 3.30. The largest absolute Gasteiger partial charge is 0.573 e. The monoisotopic (exact) mass is 264 g/mol. The fraction of sp³-hybridized carbons (Fsp3) is 0.364. The molecule has 0 saturated carbocycles. The van der Waals surface area contributed by atoms with E-state index in [1.54, 1.807) is 0 Å². The van der Waals surface area contributed by atoms with Gasteiger partial charge in [0, 0.05) is 0 Å². The van der Waals surface area contributed by atoms with E-state index in [-0.39, 0.29) is 11.5 Å². The van der Waals surface area contributed by atoms with Crippen LogP contribution in [0, 0.1) is 0 Å². The zero-order valence-corrected chi connectivity index (χ0v) is 9.65. The molecule has 0 bridgehead atoms. The molecular weight excluding hydrogens is 253 g/mol. The van der Waals surface area contributed by atoms with E-state index in [9.17, 15) is 18.0 Å². The van der Waals surface area contributed by atoms with E-state index in [4.69, 9.17) is 4.74 Å². The quantitative estimate of drug-likeness (QED) is 0.784. The highest BCUT2D eigenvalue weighted by Gasteiger charge is 2.31. The lowest BCUT2D eigenvalue weighted by Crippen LogP contribution is -2.24. The molecule has 0 unspecified atom stereocenters. The molecule has 1 aromatic rings. The van der Waals surface area contributed by atoms with Crippen LogP contribution in [0.25, 0.3) is 0 Å². The van der Waals surface area contributed by atoms with Crippen LogP contribution in [0.4, 0.5) is 13.2 Å². The van der Waals surface area contributed by atoms with Crippen molar-refractivity contribution >= 4 is 5.97 Å². The van der Waals surface area contributed by atoms with E-state index in [1.807, 2.05) is 0 Å². The first-order valence-electron chi connectivity index (χ1n) is 4.92. The maximum atomic E-state index is 11.9. The van der Waals surface area contributed by atoms with Gasteiger partial charge in [-0.1, -0.05) is 0 Å². The normalized spacial score (nSPS) is 12.7. The van der Waals surface area contributed by atoms with E-state index in [0.717, 1.165) is 12.1 Å². The standard InChI is InChI=1S/C11H11F3O4/c1-7(10(15)16-2)17-8-3-5-9(6-4-8)18-11(12,13)14/h3-7H,1-2H3/t7-/m0/s1. The number of alkyl halides is 3. The van der Waals surface area contributed by atoms with Gasteiger partial charge in [-0.15, -0.1) is 13.2 Å². The van der Waals surface area contributed by atoms with Crippen molar-refractivity contribution in [3.05, 3.63) is 24.3 Å². The summed E-state index contributed by atoms with van der Waals surface area (Å²) in [5.74, 6) is -0.700. The first-order valence-corrected chi connectivity index (χ1v) is 4.92. The summed E-state index contributed by atoms with van der Waals surface area (Å²) in [6.45, 7) is 1.46. The summed E-state index contributed by atoms with van der Waals surface area (Å²) in [6.07, 6.45) is -5.58. The molecule has 1 rings (SSSR count). The van der Waals surface area contributed by atoms with Gasteiger partial charge in [-0.3, -0.25) is 0 Å². The lowest BCUT2D eigenvalue weighted by atomic mass is 10.3. The number of benzene rings is 1. The highest BCUT2D eigenvalue weighted by atomic mass is 19.4. The molecule has 0 aliphatic carbocycles. The molecule has 0 radical (unpaired) electrons. The Morgan fingerprint density at radius 1 is 1.17 bits per heavy atom. The fourth-order valence-corrected chi connectivity index (χ4v) is 1.14. The molecule has 0 amide bonds. The molecule has 0 aliphatic heterocycles. The van der Waals surface area contributed by atoms with Crippen molar-refractivity contribution in [3.8, 4) is 11.5 Å². The summed E-state index contributed by atoms with van der Waals surface area (Å²) in [4.78, 5) is 11.1. The minimum atomic E-state index is -4.73. The third-order valence-corrected chi connectivity index (χ3v) is 1.90. The Labute approximate surface area is 101 Å². The molecule has 1 atom stereocenters. The van der Waals surface area contributed by atoms with Crippen LogP contribution in [0.2, 0.25) is 0 Å². The highest BCUT2D eigenvalue weighted by molar-refractivity contribution is 5.74. The number of esters is 1. The first-order chi connectivity index (χ1) is 8.31. The summed E-state index contributed by atoms with van der Waals surface area (Å²) < 4.78 is 48.9. The van der Waals surface area contributed by atoms with Crippen molar-refractivity contribution < 1.29 is 32.2 Å². The molecule has 0 N–H and O–H groups in total. The van der Waals surface area contributed by atoms with E-state index < -0.39 is 18.4 Å². The van der Waals surface area contributed by atoms with Gasteiger partial charge in [-0.25, -0.2) is 4.79 Å². The molecule has 4 nitrogen and oxygen atoms in total. The van der Waals surface area contributed by atoms with Crippen LogP contribution >= 0.6 is 0 Å². The summed E-state index contributed by atoms with van der Waals surface area (Å²) in [5.41, 5.74) is 0. The minimum absolute atomic E-state index is 0.238. The first kappa shape index (κ1) is 14.1. The third-order valence-electron chi connectivity index (χ3n) is 1.90. The van der Waals surface area contributed by atoms with Gasteiger partial charge in [0.1, 0.15) is 11.5 Å². The lowest BCUT2D eigenvalue weighted by Gasteiger charge is -2.13. The summed E-state index contributed by atoms with van der Waals surface area (Å²) in [7, 11) is 1.21. The Hall–Kier alpha value is -1.92. The SMILES string of the molecule is COC(=O)[C@H](C)Oc1ccc(OC(F)(F)F)cc1. The molecule has 0 saturated heterocycles. The van der Waals surface area contributed by atoms with Crippen molar-refractivity contribution in [3.63, 3.8) is 0 Å². The number of ether oxygens (including phenoxy) is 3. The van der Waals surface area contributed by atoms with Gasteiger partial charge in [0.15, 0.2) is 6.10 Å². The van der Waals surface area contributed by atoms with Crippen molar-refractivity contribution in [2.24, 2.45) is 0 Å². The summed E-state index contributed by atoms with van der Waals surface area (Å²) >= 11 is 0. The zero-order valence-electron chi connectivity index (χ0n) is 9.65. The van der Waals surface area contributed by atoms with E-state index >= 15 is 0 Å². The predicted octanol–water partition coefficient (Wildman–Crippen LogP) is 2.53. The van der Waals surface area contributed by atoms with Gasteiger partial charge >= 0.3 is 12.3 Å². The molecule has 0 aliphatic rings. The number of carbonyl (C=O) groups excluding carboxylic acids is 1. The fourth-order valence-electron chi connectivity index (χ4n) is 1.14. The van der Waals surface area contributed by atoms with E-state index in [1.165, 1.54) is 26.2 Å². The number of hydrogen-bond donors (Lipinski definition) is 0. The summed E-state index contributed by atoms with van der Waals surface area (Å²) in [5, 5.41) is 0. The molecule has 0 heterocycles. The average molecular weight is 264 g/mol. The second-order valence-corrected chi connectivity index (χ2v) is 3.30. The Kier molecular flexibility index (Phi) is 4.41. The lowest BCUT2D eigenvalue weighted by molar-refractivity contribution is -0.274. The van der Waals surface area contributed by atoms with Crippen LogP contribution in [-0.4, -0.2) is 25.5 Å². The van der Waals surface area contributed by atoms with Crippen molar-refractivity contribution in [1.82, 2.24) is 0 Å². The number of rotatable bonds is 4. The Morgan fingerprint density at radius 2 is 1.67 bits per heavy atom. The second kappa shape index (κ2) is 5.61. The molecule has 18 heavy (non-hydrogen) atoms. The summed E-state index contributed by atoms with van der Waals surface area (Å²) in [6, 6.07) is 4.71. The zero-order chi connectivity index (χ0) is 13.8. The van der Waals surface area contributed by atoms with Crippen LogP contribution in [0.5, 0.6) is 11.5 Å². The molecule has 1 aromatic carbocycles. The number of methoxy groups -OCH3 is 1. The molecule has 7 heteroatoms. The maximum absolute atomic E-state index is 11.9. The molecular formula is C11H11F3O4. The number of hydrogen-bond acceptors (Lipinski definition) is 4. The number of halogens is 3. The smallest absolute Gasteiger partial charge is 0.479 e. The minimum Gasteiger partial charge on any atom is -0.479 e. The van der Waals surface area contributed by atoms with Gasteiger partial charge in [0.2, 0.25) is 0 Å². The van der Waals surface area contributed by atoms with Crippen LogP contribution in [0.15, 0.2) is 24.3 Å². The Bertz CT molecular complexity index is 400. The van der Waals surface area contributed by atoms with Gasteiger partial charge in [0.25, 0.3) is 0 Å². The van der Waals surface area contributed by atoms with Gasteiger partial charge < -0.3 is 14.2 Å². The van der Waals surface area contributed by atoms with E-state index in [0.29, 0.717) is 0 Å². The predicted molar refractivity (Wildman–Crippen MR) is 55.2 cm³/mol. The topological polar surface area (TPSA) is 44.8 Å². The average Bonchev–Trinajstić information content (AvgIpc) is 2.28. The van der Waals surface area contributed by atoms with Crippen molar-refractivity contribution in [1.29, 1.82) is 0 Å². The van der Waals surface area contributed by atoms with Crippen LogP contribution in [0.1, 0.15) is 6.92 Å². The van der Waals surface area contributed by atoms with Crippen LogP contribution in [0.3, 0.4) is 0 Å². The highest BCUT2D eigenvalue weighted by Crippen LogP contribution is 2.25. The van der Waals surface area contributed by atoms with Crippen molar-refractivity contribution in [2.75, 3.05) is 7.11 Å². The van der Waals surface area contributed by atoms with Crippen molar-refractivity contribution in [2.45, 2.75) is 19.4 Å². The molecule has 0 fully saturated rings.